The van der Waals surface area contributed by atoms with E-state index in [1.54, 1.807) is 7.11 Å². The number of phenols is 1. The molecular weight excluding hydrogens is 332 g/mol. The number of hydrogen-bond acceptors (Lipinski definition) is 2. The van der Waals surface area contributed by atoms with E-state index < -0.39 is 0 Å². The summed E-state index contributed by atoms with van der Waals surface area (Å²) in [6.45, 7) is 6.36. The first kappa shape index (κ1) is 19.0. The second-order valence-corrected chi connectivity index (χ2v) is 7.96. The van der Waals surface area contributed by atoms with Crippen molar-refractivity contribution in [3.8, 4) is 22.6 Å². The molecule has 0 heterocycles. The summed E-state index contributed by atoms with van der Waals surface area (Å²) in [5.74, 6) is 1.32. The molecule has 0 fully saturated rings. The van der Waals surface area contributed by atoms with Gasteiger partial charge in [0.15, 0.2) is 0 Å². The molecule has 0 amide bonds. The minimum Gasteiger partial charge on any atom is -0.507 e. The Kier molecular flexibility index (Phi) is 5.55. The Morgan fingerprint density at radius 1 is 0.852 bits per heavy atom. The molecular formula is C25H28O2. The van der Waals surface area contributed by atoms with Crippen LogP contribution in [0.2, 0.25) is 0 Å². The Balaban J connectivity index is 1.86. The van der Waals surface area contributed by atoms with Crippen molar-refractivity contribution in [3.63, 3.8) is 0 Å². The van der Waals surface area contributed by atoms with Crippen LogP contribution in [-0.4, -0.2) is 12.2 Å². The highest BCUT2D eigenvalue weighted by atomic mass is 16.5. The van der Waals surface area contributed by atoms with E-state index in [4.69, 9.17) is 4.74 Å². The summed E-state index contributed by atoms with van der Waals surface area (Å²) in [7, 11) is 1.71. The van der Waals surface area contributed by atoms with Crippen LogP contribution in [0.4, 0.5) is 0 Å². The number of aryl methyl sites for hydroxylation is 2. The largest absolute Gasteiger partial charge is 0.507 e. The van der Waals surface area contributed by atoms with Crippen molar-refractivity contribution in [2.75, 3.05) is 7.11 Å². The van der Waals surface area contributed by atoms with E-state index in [9.17, 15) is 5.11 Å². The predicted octanol–water partition coefficient (Wildman–Crippen LogP) is 6.15. The van der Waals surface area contributed by atoms with E-state index in [0.717, 1.165) is 35.3 Å². The van der Waals surface area contributed by atoms with E-state index in [2.05, 4.69) is 51.1 Å². The molecule has 0 spiro atoms. The number of benzene rings is 3. The molecule has 1 N–H and O–H groups in total. The van der Waals surface area contributed by atoms with Crippen LogP contribution in [0.25, 0.3) is 11.1 Å². The number of hydrogen-bond donors (Lipinski definition) is 1. The molecule has 0 bridgehead atoms. The van der Waals surface area contributed by atoms with Crippen molar-refractivity contribution in [2.24, 2.45) is 0 Å². The molecule has 3 aromatic rings. The standard InChI is InChI=1S/C25H28O2/c1-25(2,3)22-13-8-12-21(24(22)26)20-11-7-9-18(17-20)15-16-19-10-5-6-14-23(19)27-4/h5-14,17,26H,15-16H2,1-4H3. The van der Waals surface area contributed by atoms with Crippen molar-refractivity contribution < 1.29 is 9.84 Å². The van der Waals surface area contributed by atoms with Crippen LogP contribution in [0.15, 0.2) is 66.7 Å². The predicted molar refractivity (Wildman–Crippen MR) is 113 cm³/mol. The van der Waals surface area contributed by atoms with Crippen molar-refractivity contribution in [1.82, 2.24) is 0 Å². The summed E-state index contributed by atoms with van der Waals surface area (Å²) in [6.07, 6.45) is 1.84. The first-order chi connectivity index (χ1) is 12.9. The van der Waals surface area contributed by atoms with Crippen LogP contribution in [0.3, 0.4) is 0 Å². The summed E-state index contributed by atoms with van der Waals surface area (Å²) in [4.78, 5) is 0. The fourth-order valence-corrected chi connectivity index (χ4v) is 3.46. The third-order valence-electron chi connectivity index (χ3n) is 4.96. The molecule has 0 saturated carbocycles. The van der Waals surface area contributed by atoms with Gasteiger partial charge < -0.3 is 9.84 Å². The van der Waals surface area contributed by atoms with Gasteiger partial charge in [-0.15, -0.1) is 0 Å². The van der Waals surface area contributed by atoms with E-state index in [-0.39, 0.29) is 5.41 Å². The molecule has 3 rings (SSSR count). The lowest BCUT2D eigenvalue weighted by molar-refractivity contribution is 0.409. The van der Waals surface area contributed by atoms with E-state index in [1.807, 2.05) is 36.4 Å². The summed E-state index contributed by atoms with van der Waals surface area (Å²) in [6, 6.07) is 22.6. The topological polar surface area (TPSA) is 29.5 Å². The fraction of sp³-hybridized carbons (Fsp3) is 0.280. The zero-order valence-corrected chi connectivity index (χ0v) is 16.6. The van der Waals surface area contributed by atoms with Gasteiger partial charge in [0, 0.05) is 5.56 Å². The van der Waals surface area contributed by atoms with Crippen LogP contribution in [0, 0.1) is 0 Å². The zero-order chi connectivity index (χ0) is 19.4. The molecule has 0 aliphatic heterocycles. The molecule has 0 aliphatic rings. The minimum atomic E-state index is -0.0957. The second-order valence-electron chi connectivity index (χ2n) is 7.96. The van der Waals surface area contributed by atoms with Crippen LogP contribution in [0.1, 0.15) is 37.5 Å². The highest BCUT2D eigenvalue weighted by Crippen LogP contribution is 2.38. The number of ether oxygens (including phenoxy) is 1. The first-order valence-electron chi connectivity index (χ1n) is 9.44. The minimum absolute atomic E-state index is 0.0957. The van der Waals surface area contributed by atoms with Crippen LogP contribution in [-0.2, 0) is 18.3 Å². The molecule has 140 valence electrons. The van der Waals surface area contributed by atoms with E-state index in [1.165, 1.54) is 11.1 Å². The maximum Gasteiger partial charge on any atom is 0.127 e. The molecule has 0 atom stereocenters. The molecule has 0 saturated heterocycles. The first-order valence-corrected chi connectivity index (χ1v) is 9.44. The summed E-state index contributed by atoms with van der Waals surface area (Å²) < 4.78 is 5.45. The van der Waals surface area contributed by atoms with E-state index in [0.29, 0.717) is 5.75 Å². The van der Waals surface area contributed by atoms with Gasteiger partial charge in [-0.05, 0) is 46.6 Å². The molecule has 2 nitrogen and oxygen atoms in total. The van der Waals surface area contributed by atoms with Crippen molar-refractivity contribution in [3.05, 3.63) is 83.4 Å². The Bertz CT molecular complexity index is 920. The van der Waals surface area contributed by atoms with Gasteiger partial charge >= 0.3 is 0 Å². The monoisotopic (exact) mass is 360 g/mol. The number of rotatable bonds is 5. The Labute approximate surface area is 162 Å². The highest BCUT2D eigenvalue weighted by molar-refractivity contribution is 5.72. The van der Waals surface area contributed by atoms with Gasteiger partial charge in [0.1, 0.15) is 11.5 Å². The van der Waals surface area contributed by atoms with Gasteiger partial charge in [-0.3, -0.25) is 0 Å². The maximum absolute atomic E-state index is 10.8. The number of phenolic OH excluding ortho intramolecular Hbond substituents is 1. The van der Waals surface area contributed by atoms with Crippen LogP contribution < -0.4 is 4.74 Å². The Morgan fingerprint density at radius 2 is 1.59 bits per heavy atom. The van der Waals surface area contributed by atoms with Crippen LogP contribution in [0.5, 0.6) is 11.5 Å². The van der Waals surface area contributed by atoms with Crippen molar-refractivity contribution in [2.45, 2.75) is 39.0 Å². The second kappa shape index (κ2) is 7.87. The molecule has 0 aliphatic carbocycles. The number of para-hydroxylation sites is 2. The normalized spacial score (nSPS) is 11.4. The molecule has 27 heavy (non-hydrogen) atoms. The Hall–Kier alpha value is -2.74. The van der Waals surface area contributed by atoms with Gasteiger partial charge in [-0.1, -0.05) is 81.4 Å². The molecule has 0 aromatic heterocycles. The SMILES string of the molecule is COc1ccccc1CCc1cccc(-c2cccc(C(C)(C)C)c2O)c1. The van der Waals surface area contributed by atoms with Crippen molar-refractivity contribution >= 4 is 0 Å². The molecule has 0 unspecified atom stereocenters. The summed E-state index contributed by atoms with van der Waals surface area (Å²) in [5.41, 5.74) is 5.28. The van der Waals surface area contributed by atoms with Gasteiger partial charge in [0.25, 0.3) is 0 Å². The summed E-state index contributed by atoms with van der Waals surface area (Å²) in [5, 5.41) is 10.8. The van der Waals surface area contributed by atoms with Crippen molar-refractivity contribution in [1.29, 1.82) is 0 Å². The Morgan fingerprint density at radius 3 is 2.33 bits per heavy atom. The average molecular weight is 360 g/mol. The zero-order valence-electron chi connectivity index (χ0n) is 16.6. The van der Waals surface area contributed by atoms with Gasteiger partial charge in [-0.2, -0.15) is 0 Å². The number of methoxy groups -OCH3 is 1. The smallest absolute Gasteiger partial charge is 0.127 e. The van der Waals surface area contributed by atoms with Gasteiger partial charge in [0.2, 0.25) is 0 Å². The van der Waals surface area contributed by atoms with E-state index >= 15 is 0 Å². The average Bonchev–Trinajstić information content (AvgIpc) is 2.66. The third kappa shape index (κ3) is 4.33. The lowest BCUT2D eigenvalue weighted by Crippen LogP contribution is -2.11. The lowest BCUT2D eigenvalue weighted by atomic mass is 9.84. The fourth-order valence-electron chi connectivity index (χ4n) is 3.46. The molecule has 0 radical (unpaired) electrons. The van der Waals surface area contributed by atoms with Gasteiger partial charge in [-0.25, -0.2) is 0 Å². The highest BCUT2D eigenvalue weighted by Gasteiger charge is 2.20. The van der Waals surface area contributed by atoms with Crippen LogP contribution >= 0.6 is 0 Å². The quantitative estimate of drug-likeness (QED) is 0.591. The maximum atomic E-state index is 10.8. The van der Waals surface area contributed by atoms with Gasteiger partial charge in [0.05, 0.1) is 7.11 Å². The molecule has 3 aromatic carbocycles. The summed E-state index contributed by atoms with van der Waals surface area (Å²) >= 11 is 0. The number of aromatic hydroxyl groups is 1. The lowest BCUT2D eigenvalue weighted by Gasteiger charge is -2.22. The molecule has 2 heteroatoms. The third-order valence-corrected chi connectivity index (χ3v) is 4.96.